The molecule has 0 amide bonds. The standard InChI is InChI=1S/C14H21BrN4S/c1-10(2)19-8-12(6-17-19)13(5-16)18(3)7-11-4-14(15)20-9-11/h4,6,8-10,13H,5,7,16H2,1-3H3. The minimum absolute atomic E-state index is 0.196. The molecule has 0 aliphatic carbocycles. The van der Waals surface area contributed by atoms with Crippen LogP contribution in [0.15, 0.2) is 27.6 Å². The number of likely N-dealkylation sites (N-methyl/N-ethyl adjacent to an activating group) is 1. The molecule has 0 saturated heterocycles. The molecule has 0 aliphatic rings. The summed E-state index contributed by atoms with van der Waals surface area (Å²) >= 11 is 5.21. The molecule has 4 nitrogen and oxygen atoms in total. The van der Waals surface area contributed by atoms with Crippen LogP contribution in [0.5, 0.6) is 0 Å². The highest BCUT2D eigenvalue weighted by molar-refractivity contribution is 9.11. The van der Waals surface area contributed by atoms with Crippen molar-refractivity contribution in [1.29, 1.82) is 0 Å². The van der Waals surface area contributed by atoms with Crippen molar-refractivity contribution in [3.05, 3.63) is 38.8 Å². The van der Waals surface area contributed by atoms with Gasteiger partial charge in [-0.05, 0) is 53.8 Å². The van der Waals surface area contributed by atoms with E-state index < -0.39 is 0 Å². The van der Waals surface area contributed by atoms with Crippen LogP contribution in [0.2, 0.25) is 0 Å². The number of halogens is 1. The number of hydrogen-bond donors (Lipinski definition) is 1. The van der Waals surface area contributed by atoms with Crippen molar-refractivity contribution < 1.29 is 0 Å². The van der Waals surface area contributed by atoms with Gasteiger partial charge in [0.05, 0.1) is 16.0 Å². The van der Waals surface area contributed by atoms with Crippen LogP contribution in [-0.2, 0) is 6.54 Å². The highest BCUT2D eigenvalue weighted by Gasteiger charge is 2.18. The summed E-state index contributed by atoms with van der Waals surface area (Å²) in [4.78, 5) is 2.27. The third-order valence-electron chi connectivity index (χ3n) is 3.34. The number of nitrogens with zero attached hydrogens (tertiary/aromatic N) is 3. The molecule has 2 N–H and O–H groups in total. The first-order valence-corrected chi connectivity index (χ1v) is 8.35. The Morgan fingerprint density at radius 3 is 2.75 bits per heavy atom. The van der Waals surface area contributed by atoms with Crippen molar-refractivity contribution in [2.75, 3.05) is 13.6 Å². The number of aromatic nitrogens is 2. The Kier molecular flexibility index (Phi) is 5.37. The molecular formula is C14H21BrN4S. The van der Waals surface area contributed by atoms with Crippen LogP contribution in [0, 0.1) is 0 Å². The first kappa shape index (κ1) is 15.7. The summed E-state index contributed by atoms with van der Waals surface area (Å²) in [7, 11) is 2.11. The van der Waals surface area contributed by atoms with E-state index in [1.165, 1.54) is 11.1 Å². The molecule has 0 saturated carbocycles. The van der Waals surface area contributed by atoms with Gasteiger partial charge in [0.15, 0.2) is 0 Å². The minimum Gasteiger partial charge on any atom is -0.329 e. The van der Waals surface area contributed by atoms with Gasteiger partial charge in [0.1, 0.15) is 0 Å². The smallest absolute Gasteiger partial charge is 0.0701 e. The first-order valence-electron chi connectivity index (χ1n) is 6.68. The maximum Gasteiger partial charge on any atom is 0.0701 e. The summed E-state index contributed by atoms with van der Waals surface area (Å²) in [5.41, 5.74) is 8.45. The average molecular weight is 357 g/mol. The van der Waals surface area contributed by atoms with E-state index in [1.807, 2.05) is 10.9 Å². The van der Waals surface area contributed by atoms with Crippen molar-refractivity contribution >= 4 is 27.3 Å². The number of hydrogen-bond acceptors (Lipinski definition) is 4. The molecule has 110 valence electrons. The Bertz CT molecular complexity index is 549. The molecule has 1 unspecified atom stereocenters. The van der Waals surface area contributed by atoms with Gasteiger partial charge in [-0.1, -0.05) is 0 Å². The van der Waals surface area contributed by atoms with Gasteiger partial charge < -0.3 is 5.73 Å². The van der Waals surface area contributed by atoms with Crippen molar-refractivity contribution in [3.8, 4) is 0 Å². The molecule has 2 rings (SSSR count). The van der Waals surface area contributed by atoms with E-state index in [4.69, 9.17) is 5.73 Å². The van der Waals surface area contributed by atoms with Crippen molar-refractivity contribution in [2.45, 2.75) is 32.5 Å². The Balaban J connectivity index is 2.09. The van der Waals surface area contributed by atoms with Crippen LogP contribution in [0.3, 0.4) is 0 Å². The van der Waals surface area contributed by atoms with E-state index in [1.54, 1.807) is 11.3 Å². The van der Waals surface area contributed by atoms with E-state index >= 15 is 0 Å². The largest absolute Gasteiger partial charge is 0.329 e. The first-order chi connectivity index (χ1) is 9.51. The van der Waals surface area contributed by atoms with Gasteiger partial charge in [-0.25, -0.2) is 0 Å². The maximum atomic E-state index is 5.96. The summed E-state index contributed by atoms with van der Waals surface area (Å²) in [6.45, 7) is 5.73. The summed E-state index contributed by atoms with van der Waals surface area (Å²) in [5.74, 6) is 0. The van der Waals surface area contributed by atoms with Gasteiger partial charge in [0.25, 0.3) is 0 Å². The van der Waals surface area contributed by atoms with Gasteiger partial charge in [-0.2, -0.15) is 5.10 Å². The molecule has 0 radical (unpaired) electrons. The summed E-state index contributed by atoms with van der Waals surface area (Å²) in [5, 5.41) is 6.58. The molecule has 1 atom stereocenters. The topological polar surface area (TPSA) is 47.1 Å². The Hall–Kier alpha value is -0.690. The summed E-state index contributed by atoms with van der Waals surface area (Å²) < 4.78 is 3.14. The molecule has 2 aromatic heterocycles. The summed E-state index contributed by atoms with van der Waals surface area (Å²) in [6.07, 6.45) is 4.03. The van der Waals surface area contributed by atoms with Crippen LogP contribution >= 0.6 is 27.3 Å². The maximum absolute atomic E-state index is 5.96. The van der Waals surface area contributed by atoms with E-state index in [0.29, 0.717) is 12.6 Å². The van der Waals surface area contributed by atoms with Crippen molar-refractivity contribution in [1.82, 2.24) is 14.7 Å². The number of thiophene rings is 1. The van der Waals surface area contributed by atoms with Gasteiger partial charge in [0, 0.05) is 30.9 Å². The average Bonchev–Trinajstić information content (AvgIpc) is 3.00. The highest BCUT2D eigenvalue weighted by atomic mass is 79.9. The summed E-state index contributed by atoms with van der Waals surface area (Å²) in [6, 6.07) is 2.73. The molecule has 0 aromatic carbocycles. The molecular weight excluding hydrogens is 336 g/mol. The van der Waals surface area contributed by atoms with Crippen molar-refractivity contribution in [2.24, 2.45) is 5.73 Å². The second kappa shape index (κ2) is 6.85. The lowest BCUT2D eigenvalue weighted by Gasteiger charge is -2.25. The lowest BCUT2D eigenvalue weighted by atomic mass is 10.1. The predicted octanol–water partition coefficient (Wildman–Crippen LogP) is 3.42. The SMILES string of the molecule is CC(C)n1cc(C(CN)N(C)Cc2csc(Br)c2)cn1. The van der Waals surface area contributed by atoms with Crippen LogP contribution in [0.1, 0.15) is 37.1 Å². The Morgan fingerprint density at radius 1 is 1.50 bits per heavy atom. The normalized spacial score (nSPS) is 13.3. The fourth-order valence-electron chi connectivity index (χ4n) is 2.20. The van der Waals surface area contributed by atoms with Gasteiger partial charge >= 0.3 is 0 Å². The molecule has 20 heavy (non-hydrogen) atoms. The Morgan fingerprint density at radius 2 is 2.25 bits per heavy atom. The van der Waals surface area contributed by atoms with E-state index in [9.17, 15) is 0 Å². The molecule has 0 bridgehead atoms. The minimum atomic E-state index is 0.196. The highest BCUT2D eigenvalue weighted by Crippen LogP contribution is 2.25. The third-order valence-corrected chi connectivity index (χ3v) is 4.90. The third kappa shape index (κ3) is 3.69. The van der Waals surface area contributed by atoms with E-state index in [2.05, 4.69) is 64.5 Å². The zero-order valence-corrected chi connectivity index (χ0v) is 14.5. The van der Waals surface area contributed by atoms with Gasteiger partial charge in [-0.3, -0.25) is 9.58 Å². The molecule has 0 fully saturated rings. The van der Waals surface area contributed by atoms with Gasteiger partial charge in [0.2, 0.25) is 0 Å². The van der Waals surface area contributed by atoms with Crippen LogP contribution in [0.25, 0.3) is 0 Å². The molecule has 2 heterocycles. The fourth-order valence-corrected chi connectivity index (χ4v) is 3.40. The Labute approximate surface area is 132 Å². The van der Waals surface area contributed by atoms with Crippen LogP contribution < -0.4 is 5.73 Å². The lowest BCUT2D eigenvalue weighted by molar-refractivity contribution is 0.242. The van der Waals surface area contributed by atoms with Crippen LogP contribution in [0.4, 0.5) is 0 Å². The quantitative estimate of drug-likeness (QED) is 0.862. The second-order valence-electron chi connectivity index (χ2n) is 5.27. The predicted molar refractivity (Wildman–Crippen MR) is 87.9 cm³/mol. The molecule has 0 spiro atoms. The fraction of sp³-hybridized carbons (Fsp3) is 0.500. The second-order valence-corrected chi connectivity index (χ2v) is 7.56. The molecule has 6 heteroatoms. The van der Waals surface area contributed by atoms with E-state index in [-0.39, 0.29) is 6.04 Å². The molecule has 0 aliphatic heterocycles. The lowest BCUT2D eigenvalue weighted by Crippen LogP contribution is -2.29. The monoisotopic (exact) mass is 356 g/mol. The zero-order valence-electron chi connectivity index (χ0n) is 12.1. The van der Waals surface area contributed by atoms with Crippen molar-refractivity contribution in [3.63, 3.8) is 0 Å². The number of rotatable bonds is 6. The van der Waals surface area contributed by atoms with Crippen LogP contribution in [-0.4, -0.2) is 28.3 Å². The van der Waals surface area contributed by atoms with Gasteiger partial charge in [-0.15, -0.1) is 11.3 Å². The molecule has 2 aromatic rings. The van der Waals surface area contributed by atoms with E-state index in [0.717, 1.165) is 10.3 Å². The zero-order chi connectivity index (χ0) is 14.7. The number of nitrogens with two attached hydrogens (primary N) is 1.